The van der Waals surface area contributed by atoms with Crippen molar-refractivity contribution in [1.82, 2.24) is 0 Å². The second kappa shape index (κ2) is 6.25. The molecule has 24 heavy (non-hydrogen) atoms. The van der Waals surface area contributed by atoms with E-state index >= 15 is 0 Å². The molecule has 0 bridgehead atoms. The van der Waals surface area contributed by atoms with Crippen molar-refractivity contribution in [2.45, 2.75) is 26.1 Å². The average Bonchev–Trinajstić information content (AvgIpc) is 2.57. The molecule has 0 aliphatic carbocycles. The van der Waals surface area contributed by atoms with Gasteiger partial charge in [-0.05, 0) is 44.2 Å². The zero-order valence-corrected chi connectivity index (χ0v) is 13.7. The zero-order valence-electron chi connectivity index (χ0n) is 13.7. The summed E-state index contributed by atoms with van der Waals surface area (Å²) in [4.78, 5) is 0. The molecule has 124 valence electrons. The molecule has 0 aromatic heterocycles. The smallest absolute Gasteiger partial charge is 0.200 e. The van der Waals surface area contributed by atoms with E-state index in [1.807, 2.05) is 25.1 Å². The van der Waals surface area contributed by atoms with Crippen molar-refractivity contribution in [2.75, 3.05) is 7.11 Å². The van der Waals surface area contributed by atoms with Gasteiger partial charge in [-0.2, -0.15) is 0 Å². The Morgan fingerprint density at radius 3 is 2.58 bits per heavy atom. The monoisotopic (exact) mass is 326 g/mol. The van der Waals surface area contributed by atoms with Gasteiger partial charge in [0, 0.05) is 11.1 Å². The first-order valence-corrected chi connectivity index (χ1v) is 7.54. The highest BCUT2D eigenvalue weighted by atomic mass is 16.6. The van der Waals surface area contributed by atoms with E-state index in [0.717, 1.165) is 5.56 Å². The van der Waals surface area contributed by atoms with Crippen LogP contribution in [0.4, 0.5) is 0 Å². The van der Waals surface area contributed by atoms with E-state index in [-0.39, 0.29) is 23.4 Å². The maximum absolute atomic E-state index is 10.0. The largest absolute Gasteiger partial charge is 0.504 e. The van der Waals surface area contributed by atoms with E-state index in [2.05, 4.69) is 11.8 Å². The number of aromatic hydroxyl groups is 2. The lowest BCUT2D eigenvalue weighted by Gasteiger charge is -2.33. The first-order valence-electron chi connectivity index (χ1n) is 7.54. The lowest BCUT2D eigenvalue weighted by Crippen LogP contribution is -2.30. The Morgan fingerprint density at radius 1 is 1.08 bits per heavy atom. The summed E-state index contributed by atoms with van der Waals surface area (Å²) in [5, 5.41) is 19.7. The third-order valence-electron chi connectivity index (χ3n) is 3.86. The van der Waals surface area contributed by atoms with Crippen molar-refractivity contribution in [3.05, 3.63) is 41.5 Å². The predicted octanol–water partition coefficient (Wildman–Crippen LogP) is 3.38. The standard InChI is InChI=1S/C19H18O5/c1-4-5-12-6-9-15-16(10-12)24-18(11(2)23-15)13-7-8-14(20)17(21)19(13)22-3/h6-11,18,20-21H,1-3H3/t11-,18-/m1/s1. The van der Waals surface area contributed by atoms with Crippen LogP contribution < -0.4 is 14.2 Å². The van der Waals surface area contributed by atoms with E-state index in [1.165, 1.54) is 13.2 Å². The van der Waals surface area contributed by atoms with Crippen molar-refractivity contribution in [3.63, 3.8) is 0 Å². The molecule has 5 nitrogen and oxygen atoms in total. The number of hydrogen-bond donors (Lipinski definition) is 2. The molecule has 1 aliphatic rings. The van der Waals surface area contributed by atoms with Crippen LogP contribution >= 0.6 is 0 Å². The Kier molecular flexibility index (Phi) is 4.13. The molecule has 2 atom stereocenters. The van der Waals surface area contributed by atoms with Gasteiger partial charge in [-0.3, -0.25) is 0 Å². The van der Waals surface area contributed by atoms with Gasteiger partial charge in [0.15, 0.2) is 29.1 Å². The molecule has 0 radical (unpaired) electrons. The summed E-state index contributed by atoms with van der Waals surface area (Å²) in [5.74, 6) is 6.65. The van der Waals surface area contributed by atoms with Gasteiger partial charge in [0.05, 0.1) is 7.11 Å². The van der Waals surface area contributed by atoms with E-state index in [0.29, 0.717) is 17.1 Å². The van der Waals surface area contributed by atoms with Crippen molar-refractivity contribution in [1.29, 1.82) is 0 Å². The highest BCUT2D eigenvalue weighted by Crippen LogP contribution is 2.46. The molecule has 0 fully saturated rings. The molecule has 0 saturated heterocycles. The molecule has 0 spiro atoms. The lowest BCUT2D eigenvalue weighted by atomic mass is 10.0. The van der Waals surface area contributed by atoms with E-state index in [9.17, 15) is 10.2 Å². The van der Waals surface area contributed by atoms with Crippen LogP contribution in [0.2, 0.25) is 0 Å². The van der Waals surface area contributed by atoms with Crippen LogP contribution in [-0.2, 0) is 0 Å². The van der Waals surface area contributed by atoms with Gasteiger partial charge in [-0.25, -0.2) is 0 Å². The summed E-state index contributed by atoms with van der Waals surface area (Å²) < 4.78 is 17.3. The summed E-state index contributed by atoms with van der Waals surface area (Å²) in [5.41, 5.74) is 1.42. The number of benzene rings is 2. The minimum atomic E-state index is -0.496. The minimum absolute atomic E-state index is 0.170. The van der Waals surface area contributed by atoms with Gasteiger partial charge in [-0.15, -0.1) is 5.92 Å². The van der Waals surface area contributed by atoms with Crippen LogP contribution in [0.25, 0.3) is 0 Å². The SMILES string of the molecule is CC#Cc1ccc2c(c1)O[C@@H](c1ccc(O)c(O)c1OC)[C@@H](C)O2. The maximum Gasteiger partial charge on any atom is 0.200 e. The fourth-order valence-corrected chi connectivity index (χ4v) is 2.75. The van der Waals surface area contributed by atoms with Crippen molar-refractivity contribution in [3.8, 4) is 40.6 Å². The summed E-state index contributed by atoms with van der Waals surface area (Å²) in [7, 11) is 1.43. The summed E-state index contributed by atoms with van der Waals surface area (Å²) in [6.45, 7) is 3.64. The number of ether oxygens (including phenoxy) is 3. The highest BCUT2D eigenvalue weighted by Gasteiger charge is 2.33. The molecule has 3 rings (SSSR count). The number of phenolic OH excluding ortho intramolecular Hbond substituents is 2. The fraction of sp³-hybridized carbons (Fsp3) is 0.263. The molecular formula is C19H18O5. The first-order chi connectivity index (χ1) is 11.5. The zero-order chi connectivity index (χ0) is 17.3. The third kappa shape index (κ3) is 2.67. The summed E-state index contributed by atoms with van der Waals surface area (Å²) >= 11 is 0. The Hall–Kier alpha value is -3.00. The molecule has 0 amide bonds. The molecule has 0 unspecified atom stereocenters. The van der Waals surface area contributed by atoms with Crippen molar-refractivity contribution in [2.24, 2.45) is 0 Å². The molecular weight excluding hydrogens is 308 g/mol. The fourth-order valence-electron chi connectivity index (χ4n) is 2.75. The molecule has 1 aliphatic heterocycles. The van der Waals surface area contributed by atoms with Gasteiger partial charge in [0.2, 0.25) is 5.75 Å². The van der Waals surface area contributed by atoms with Crippen molar-refractivity contribution < 1.29 is 24.4 Å². The number of hydrogen-bond acceptors (Lipinski definition) is 5. The number of rotatable bonds is 2. The second-order valence-corrected chi connectivity index (χ2v) is 5.45. The van der Waals surface area contributed by atoms with Gasteiger partial charge < -0.3 is 24.4 Å². The topological polar surface area (TPSA) is 68.2 Å². The Bertz CT molecular complexity index is 832. The van der Waals surface area contributed by atoms with Crippen LogP contribution in [-0.4, -0.2) is 23.4 Å². The molecule has 2 aromatic rings. The average molecular weight is 326 g/mol. The molecule has 0 saturated carbocycles. The van der Waals surface area contributed by atoms with E-state index in [1.54, 1.807) is 13.0 Å². The highest BCUT2D eigenvalue weighted by molar-refractivity contribution is 5.56. The van der Waals surface area contributed by atoms with E-state index < -0.39 is 6.10 Å². The van der Waals surface area contributed by atoms with Crippen LogP contribution in [0.3, 0.4) is 0 Å². The molecule has 2 N–H and O–H groups in total. The van der Waals surface area contributed by atoms with Crippen LogP contribution in [0.15, 0.2) is 30.3 Å². The third-order valence-corrected chi connectivity index (χ3v) is 3.86. The first kappa shape index (κ1) is 15.9. The maximum atomic E-state index is 10.0. The summed E-state index contributed by atoms with van der Waals surface area (Å²) in [6, 6.07) is 8.57. The van der Waals surface area contributed by atoms with Gasteiger partial charge in [0.1, 0.15) is 6.10 Å². The second-order valence-electron chi connectivity index (χ2n) is 5.45. The van der Waals surface area contributed by atoms with Gasteiger partial charge in [0.25, 0.3) is 0 Å². The van der Waals surface area contributed by atoms with Gasteiger partial charge in [-0.1, -0.05) is 5.92 Å². The summed E-state index contributed by atoms with van der Waals surface area (Å²) in [6.07, 6.45) is -0.803. The van der Waals surface area contributed by atoms with Crippen LogP contribution in [0.5, 0.6) is 28.7 Å². The molecule has 1 heterocycles. The predicted molar refractivity (Wildman–Crippen MR) is 88.8 cm³/mol. The minimum Gasteiger partial charge on any atom is -0.504 e. The Balaban J connectivity index is 2.03. The lowest BCUT2D eigenvalue weighted by molar-refractivity contribution is 0.0290. The quantitative estimate of drug-likeness (QED) is 0.654. The number of fused-ring (bicyclic) bond motifs is 1. The van der Waals surface area contributed by atoms with E-state index in [4.69, 9.17) is 14.2 Å². The molecule has 2 aromatic carbocycles. The van der Waals surface area contributed by atoms with Crippen LogP contribution in [0.1, 0.15) is 31.1 Å². The van der Waals surface area contributed by atoms with Gasteiger partial charge >= 0.3 is 0 Å². The number of methoxy groups -OCH3 is 1. The van der Waals surface area contributed by atoms with Crippen LogP contribution in [0, 0.1) is 11.8 Å². The number of phenols is 2. The van der Waals surface area contributed by atoms with Crippen molar-refractivity contribution >= 4 is 0 Å². The Morgan fingerprint density at radius 2 is 1.88 bits per heavy atom. The molecule has 5 heteroatoms. The normalized spacial score (nSPS) is 18.5. The Labute approximate surface area is 140 Å².